The van der Waals surface area contributed by atoms with Gasteiger partial charge in [0.05, 0.1) is 0 Å². The quantitative estimate of drug-likeness (QED) is 0.762. The molecule has 7 heteroatoms. The number of carbonyl (C=O) groups excluding carboxylic acids is 1. The first-order valence-electron chi connectivity index (χ1n) is 9.58. The molecule has 0 spiro atoms. The van der Waals surface area contributed by atoms with Crippen LogP contribution in [0.4, 0.5) is 5.69 Å². The molecule has 2 aromatic heterocycles. The third-order valence-electron chi connectivity index (χ3n) is 5.23. The van der Waals surface area contributed by atoms with E-state index < -0.39 is 0 Å². The van der Waals surface area contributed by atoms with Crippen LogP contribution in [-0.4, -0.2) is 25.8 Å². The van der Waals surface area contributed by atoms with E-state index in [9.17, 15) is 4.79 Å². The molecule has 1 saturated carbocycles. The molecule has 3 aromatic rings. The third kappa shape index (κ3) is 3.25. The fraction of sp³-hybridized carbons (Fsp3) is 0.400. The second kappa shape index (κ2) is 6.64. The van der Waals surface area contributed by atoms with E-state index in [0.29, 0.717) is 17.3 Å². The van der Waals surface area contributed by atoms with Gasteiger partial charge < -0.3 is 14.4 Å². The Hall–Kier alpha value is -2.96. The Bertz CT molecular complexity index is 986. The fourth-order valence-corrected chi connectivity index (χ4v) is 3.59. The molecule has 0 radical (unpaired) electrons. The summed E-state index contributed by atoms with van der Waals surface area (Å²) in [5, 5.41) is 15.6. The number of aryl methyl sites for hydroxylation is 1. The lowest BCUT2D eigenvalue weighted by atomic mass is 10.1. The van der Waals surface area contributed by atoms with Crippen molar-refractivity contribution in [3.8, 4) is 11.4 Å². The van der Waals surface area contributed by atoms with Gasteiger partial charge in [-0.15, -0.1) is 10.2 Å². The van der Waals surface area contributed by atoms with Crippen molar-refractivity contribution in [3.05, 3.63) is 47.6 Å². The minimum Gasteiger partial charge on any atom is -0.360 e. The zero-order valence-corrected chi connectivity index (χ0v) is 15.0. The van der Waals surface area contributed by atoms with Crippen molar-refractivity contribution < 1.29 is 9.32 Å². The van der Waals surface area contributed by atoms with Crippen LogP contribution in [0.15, 0.2) is 34.9 Å². The first-order valence-corrected chi connectivity index (χ1v) is 9.58. The summed E-state index contributed by atoms with van der Waals surface area (Å²) in [4.78, 5) is 12.5. The SMILES string of the molecule is O=C(Nc1cccc(-c2nnc3n2CCCCC3)c1)c1cc(C2CC2)on1. The number of anilines is 1. The maximum atomic E-state index is 12.5. The van der Waals surface area contributed by atoms with Gasteiger partial charge in [0.1, 0.15) is 11.6 Å². The number of hydrogen-bond acceptors (Lipinski definition) is 5. The van der Waals surface area contributed by atoms with Gasteiger partial charge in [-0.3, -0.25) is 4.79 Å². The number of nitrogens with one attached hydrogen (secondary N) is 1. The zero-order valence-electron chi connectivity index (χ0n) is 15.0. The molecule has 0 saturated heterocycles. The van der Waals surface area contributed by atoms with Crippen LogP contribution in [0.2, 0.25) is 0 Å². The molecule has 1 amide bonds. The Morgan fingerprint density at radius 2 is 2.07 bits per heavy atom. The van der Waals surface area contributed by atoms with Crippen LogP contribution in [0, 0.1) is 0 Å². The summed E-state index contributed by atoms with van der Waals surface area (Å²) in [5.74, 6) is 2.89. The van der Waals surface area contributed by atoms with Crippen molar-refractivity contribution >= 4 is 11.6 Å². The lowest BCUT2D eigenvalue weighted by molar-refractivity contribution is 0.101. The highest BCUT2D eigenvalue weighted by molar-refractivity contribution is 6.03. The van der Waals surface area contributed by atoms with Gasteiger partial charge in [0.2, 0.25) is 0 Å². The summed E-state index contributed by atoms with van der Waals surface area (Å²) in [6.45, 7) is 0.942. The van der Waals surface area contributed by atoms with Crippen molar-refractivity contribution in [2.75, 3.05) is 5.32 Å². The van der Waals surface area contributed by atoms with Crippen molar-refractivity contribution in [2.45, 2.75) is 51.0 Å². The molecule has 1 N–H and O–H groups in total. The van der Waals surface area contributed by atoms with Crippen LogP contribution < -0.4 is 5.32 Å². The van der Waals surface area contributed by atoms with E-state index in [1.54, 1.807) is 6.07 Å². The number of rotatable bonds is 4. The molecule has 7 nitrogen and oxygen atoms in total. The standard InChI is InChI=1S/C20H21N5O2/c26-20(16-12-17(27-24-16)13-8-9-13)21-15-6-4-5-14(11-15)19-23-22-18-7-2-1-3-10-25(18)19/h4-6,11-13H,1-3,7-10H2,(H,21,26). The number of amides is 1. The number of carbonyl (C=O) groups is 1. The van der Waals surface area contributed by atoms with Crippen LogP contribution in [0.25, 0.3) is 11.4 Å². The van der Waals surface area contributed by atoms with Crippen molar-refractivity contribution in [1.29, 1.82) is 0 Å². The summed E-state index contributed by atoms with van der Waals surface area (Å²) >= 11 is 0. The molecule has 5 rings (SSSR count). The molecule has 0 bridgehead atoms. The Balaban J connectivity index is 1.37. The van der Waals surface area contributed by atoms with E-state index in [0.717, 1.165) is 61.6 Å². The summed E-state index contributed by atoms with van der Waals surface area (Å²) in [7, 11) is 0. The summed E-state index contributed by atoms with van der Waals surface area (Å²) < 4.78 is 7.47. The molecular weight excluding hydrogens is 342 g/mol. The van der Waals surface area contributed by atoms with Gasteiger partial charge >= 0.3 is 0 Å². The second-order valence-corrected chi connectivity index (χ2v) is 7.33. The normalized spacial score (nSPS) is 16.6. The smallest absolute Gasteiger partial charge is 0.277 e. The number of benzene rings is 1. The molecule has 1 fully saturated rings. The molecule has 1 aromatic carbocycles. The number of nitrogens with zero attached hydrogens (tertiary/aromatic N) is 4. The van der Waals surface area contributed by atoms with E-state index in [1.165, 1.54) is 6.42 Å². The predicted molar refractivity (Wildman–Crippen MR) is 99.4 cm³/mol. The first kappa shape index (κ1) is 16.2. The van der Waals surface area contributed by atoms with Gasteiger partial charge in [-0.05, 0) is 37.8 Å². The third-order valence-corrected chi connectivity index (χ3v) is 5.23. The minimum atomic E-state index is -0.261. The number of fused-ring (bicyclic) bond motifs is 1. The van der Waals surface area contributed by atoms with Crippen LogP contribution in [0.3, 0.4) is 0 Å². The molecule has 1 aliphatic carbocycles. The van der Waals surface area contributed by atoms with E-state index >= 15 is 0 Å². The maximum Gasteiger partial charge on any atom is 0.277 e. The lowest BCUT2D eigenvalue weighted by Gasteiger charge is -2.09. The van der Waals surface area contributed by atoms with Crippen LogP contribution in [-0.2, 0) is 13.0 Å². The Kier molecular flexibility index (Phi) is 3.99. The highest BCUT2D eigenvalue weighted by atomic mass is 16.5. The fourth-order valence-electron chi connectivity index (χ4n) is 3.59. The Morgan fingerprint density at radius 3 is 2.96 bits per heavy atom. The Morgan fingerprint density at radius 1 is 1.15 bits per heavy atom. The highest BCUT2D eigenvalue weighted by Gasteiger charge is 2.29. The molecule has 0 unspecified atom stereocenters. The molecule has 1 aliphatic heterocycles. The van der Waals surface area contributed by atoms with Crippen LogP contribution in [0.1, 0.15) is 60.1 Å². The molecule has 2 aliphatic rings. The molecular formula is C20H21N5O2. The van der Waals surface area contributed by atoms with Gasteiger partial charge in [0.25, 0.3) is 5.91 Å². The van der Waals surface area contributed by atoms with Crippen molar-refractivity contribution in [2.24, 2.45) is 0 Å². The average Bonchev–Trinajstić information content (AvgIpc) is 3.35. The summed E-state index contributed by atoms with van der Waals surface area (Å²) in [6.07, 6.45) is 6.72. The number of aromatic nitrogens is 4. The largest absolute Gasteiger partial charge is 0.360 e. The second-order valence-electron chi connectivity index (χ2n) is 7.33. The molecule has 3 heterocycles. The van der Waals surface area contributed by atoms with Gasteiger partial charge in [0, 0.05) is 36.2 Å². The monoisotopic (exact) mass is 363 g/mol. The van der Waals surface area contributed by atoms with E-state index in [-0.39, 0.29) is 5.91 Å². The molecule has 0 atom stereocenters. The van der Waals surface area contributed by atoms with Gasteiger partial charge in [-0.25, -0.2) is 0 Å². The van der Waals surface area contributed by atoms with E-state index in [2.05, 4.69) is 25.2 Å². The van der Waals surface area contributed by atoms with E-state index in [4.69, 9.17) is 4.52 Å². The maximum absolute atomic E-state index is 12.5. The van der Waals surface area contributed by atoms with Crippen LogP contribution in [0.5, 0.6) is 0 Å². The average molecular weight is 363 g/mol. The minimum absolute atomic E-state index is 0.261. The zero-order chi connectivity index (χ0) is 18.2. The summed E-state index contributed by atoms with van der Waals surface area (Å²) in [5.41, 5.74) is 1.98. The first-order chi connectivity index (χ1) is 13.3. The lowest BCUT2D eigenvalue weighted by Crippen LogP contribution is -2.12. The van der Waals surface area contributed by atoms with E-state index in [1.807, 2.05) is 24.3 Å². The highest BCUT2D eigenvalue weighted by Crippen LogP contribution is 2.40. The summed E-state index contributed by atoms with van der Waals surface area (Å²) in [6, 6.07) is 9.46. The van der Waals surface area contributed by atoms with Gasteiger partial charge in [-0.2, -0.15) is 0 Å². The Labute approximate surface area is 156 Å². The topological polar surface area (TPSA) is 85.8 Å². The predicted octanol–water partition coefficient (Wildman–Crippen LogP) is 3.79. The van der Waals surface area contributed by atoms with Crippen molar-refractivity contribution in [3.63, 3.8) is 0 Å². The number of hydrogen-bond donors (Lipinski definition) is 1. The van der Waals surface area contributed by atoms with Crippen LogP contribution >= 0.6 is 0 Å². The van der Waals surface area contributed by atoms with Gasteiger partial charge in [0.15, 0.2) is 11.5 Å². The van der Waals surface area contributed by atoms with Crippen molar-refractivity contribution in [1.82, 2.24) is 19.9 Å². The van der Waals surface area contributed by atoms with Gasteiger partial charge in [-0.1, -0.05) is 23.7 Å². The molecule has 27 heavy (non-hydrogen) atoms. The molecule has 138 valence electrons.